The number of fused-ring (bicyclic) bond motifs is 1. The minimum absolute atomic E-state index is 0. The fraction of sp³-hybridized carbons (Fsp3) is 0.407. The summed E-state index contributed by atoms with van der Waals surface area (Å²) < 4.78 is 17.3. The molecule has 0 amide bonds. The predicted molar refractivity (Wildman–Crippen MR) is 141 cm³/mol. The summed E-state index contributed by atoms with van der Waals surface area (Å²) in [6.07, 6.45) is 1.66. The van der Waals surface area contributed by atoms with Crippen molar-refractivity contribution in [1.82, 2.24) is 15.1 Å². The molecule has 0 spiro atoms. The predicted octanol–water partition coefficient (Wildman–Crippen LogP) is 4.62. The van der Waals surface area contributed by atoms with E-state index in [0.29, 0.717) is 41.3 Å². The molecule has 3 N–H and O–H groups in total. The summed E-state index contributed by atoms with van der Waals surface area (Å²) in [5.74, 6) is 2.58. The number of aromatic nitrogens is 2. The molecule has 0 radical (unpaired) electrons. The van der Waals surface area contributed by atoms with Crippen LogP contribution in [0.15, 0.2) is 51.3 Å². The first kappa shape index (κ1) is 27.7. The van der Waals surface area contributed by atoms with Gasteiger partial charge in [0.2, 0.25) is 5.89 Å². The van der Waals surface area contributed by atoms with Gasteiger partial charge < -0.3 is 29.1 Å². The normalized spacial score (nSPS) is 15.3. The van der Waals surface area contributed by atoms with E-state index in [9.17, 15) is 5.11 Å². The second-order valence-corrected chi connectivity index (χ2v) is 9.30. The van der Waals surface area contributed by atoms with Gasteiger partial charge in [0.15, 0.2) is 5.76 Å². The molecule has 9 heteroatoms. The number of β-amino-alcohol motifs (C(OH)–C–C–N with tert-alkyl or cyclic N) is 1. The van der Waals surface area contributed by atoms with Gasteiger partial charge in [0.25, 0.3) is 5.89 Å². The summed E-state index contributed by atoms with van der Waals surface area (Å²) in [6, 6.07) is 14.2. The Hall–Kier alpha value is -2.91. The van der Waals surface area contributed by atoms with Crippen molar-refractivity contribution in [2.24, 2.45) is 0 Å². The van der Waals surface area contributed by atoms with Crippen LogP contribution in [0.4, 0.5) is 0 Å². The minimum atomic E-state index is -0.571. The Morgan fingerprint density at radius 1 is 1.06 bits per heavy atom. The summed E-state index contributed by atoms with van der Waals surface area (Å²) in [4.78, 5) is 2.34. The van der Waals surface area contributed by atoms with E-state index in [4.69, 9.17) is 13.6 Å². The number of nitrogens with zero attached hydrogens (tertiary/aromatic N) is 3. The standard InChI is InChI=1S/C27H31N3O4.ClH.H2O/c1-17-7-8-22(18(2)13-17)20-9-11-30(12-10-20)15-21(31)16-32-24-5-4-6-25-23(24)14-26(34-25)27-29-28-19(3)33-27;;/h4-8,13-14,20-21,31H,9-12,15-16H2,1-3H3;1H;1H2/t21-;;/m0../s1. The van der Waals surface area contributed by atoms with Gasteiger partial charge in [-0.25, -0.2) is 0 Å². The lowest BCUT2D eigenvalue weighted by atomic mass is 9.86. The second-order valence-electron chi connectivity index (χ2n) is 9.30. The van der Waals surface area contributed by atoms with Crippen LogP contribution in [0.25, 0.3) is 22.6 Å². The summed E-state index contributed by atoms with van der Waals surface area (Å²) in [5.41, 5.74) is 4.84. The molecule has 1 aliphatic rings. The van der Waals surface area contributed by atoms with Gasteiger partial charge in [-0.15, -0.1) is 22.6 Å². The van der Waals surface area contributed by atoms with E-state index in [1.54, 1.807) is 6.92 Å². The molecule has 5 rings (SSSR count). The molecule has 8 nitrogen and oxygen atoms in total. The quantitative estimate of drug-likeness (QED) is 0.381. The SMILES string of the molecule is Cc1ccc(C2CCN(C[C@H](O)COc3cccc4oc(-c5nnc(C)o5)cc34)CC2)c(C)c1.Cl.O. The van der Waals surface area contributed by atoms with Crippen molar-refractivity contribution in [3.8, 4) is 17.4 Å². The molecule has 0 saturated carbocycles. The number of likely N-dealkylation sites (tertiary alicyclic amines) is 1. The van der Waals surface area contributed by atoms with Crippen LogP contribution in [0.1, 0.15) is 41.3 Å². The number of aliphatic hydroxyl groups excluding tert-OH is 1. The number of furan rings is 1. The Labute approximate surface area is 217 Å². The number of hydrogen-bond donors (Lipinski definition) is 1. The summed E-state index contributed by atoms with van der Waals surface area (Å²) >= 11 is 0. The Kier molecular flexibility index (Phi) is 9.13. The van der Waals surface area contributed by atoms with Crippen molar-refractivity contribution in [3.05, 3.63) is 65.0 Å². The van der Waals surface area contributed by atoms with Crippen LogP contribution in [-0.4, -0.2) is 58.0 Å². The number of aryl methyl sites for hydroxylation is 3. The smallest absolute Gasteiger partial charge is 0.283 e. The lowest BCUT2D eigenvalue weighted by molar-refractivity contribution is 0.0599. The Bertz CT molecular complexity index is 1280. The molecule has 1 aliphatic heterocycles. The van der Waals surface area contributed by atoms with Crippen molar-refractivity contribution < 1.29 is 24.2 Å². The van der Waals surface area contributed by atoms with E-state index >= 15 is 0 Å². The van der Waals surface area contributed by atoms with Crippen molar-refractivity contribution in [2.45, 2.75) is 45.6 Å². The van der Waals surface area contributed by atoms with E-state index in [1.807, 2.05) is 24.3 Å². The zero-order chi connectivity index (χ0) is 23.7. The molecule has 2 aromatic heterocycles. The molecule has 0 bridgehead atoms. The van der Waals surface area contributed by atoms with Crippen LogP contribution in [0.2, 0.25) is 0 Å². The van der Waals surface area contributed by atoms with E-state index in [0.717, 1.165) is 31.3 Å². The molecule has 2 aromatic carbocycles. The third kappa shape index (κ3) is 6.07. The van der Waals surface area contributed by atoms with E-state index in [2.05, 4.69) is 47.1 Å². The van der Waals surface area contributed by atoms with Gasteiger partial charge in [-0.1, -0.05) is 29.8 Å². The van der Waals surface area contributed by atoms with Crippen molar-refractivity contribution in [3.63, 3.8) is 0 Å². The molecule has 1 fully saturated rings. The van der Waals surface area contributed by atoms with E-state index in [1.165, 1.54) is 16.7 Å². The third-order valence-electron chi connectivity index (χ3n) is 6.61. The third-order valence-corrected chi connectivity index (χ3v) is 6.61. The van der Waals surface area contributed by atoms with Gasteiger partial charge in [-0.3, -0.25) is 0 Å². The van der Waals surface area contributed by atoms with Crippen LogP contribution in [0.5, 0.6) is 5.75 Å². The van der Waals surface area contributed by atoms with Crippen molar-refractivity contribution in [2.75, 3.05) is 26.2 Å². The Morgan fingerprint density at radius 2 is 1.83 bits per heavy atom. The highest BCUT2D eigenvalue weighted by Crippen LogP contribution is 2.33. The van der Waals surface area contributed by atoms with Crippen LogP contribution in [0, 0.1) is 20.8 Å². The topological polar surface area (TPSA) is 116 Å². The summed E-state index contributed by atoms with van der Waals surface area (Å²) in [7, 11) is 0. The van der Waals surface area contributed by atoms with Crippen molar-refractivity contribution in [1.29, 1.82) is 0 Å². The van der Waals surface area contributed by atoms with Gasteiger partial charge in [-0.05, 0) is 69.0 Å². The Balaban J connectivity index is 0.00000180. The molecule has 36 heavy (non-hydrogen) atoms. The zero-order valence-corrected chi connectivity index (χ0v) is 21.7. The van der Waals surface area contributed by atoms with Crippen molar-refractivity contribution >= 4 is 23.4 Å². The largest absolute Gasteiger partial charge is 0.490 e. The first-order chi connectivity index (χ1) is 16.5. The molecule has 4 aromatic rings. The van der Waals surface area contributed by atoms with Crippen LogP contribution in [0.3, 0.4) is 0 Å². The monoisotopic (exact) mass is 515 g/mol. The second kappa shape index (κ2) is 11.9. The highest BCUT2D eigenvalue weighted by atomic mass is 35.5. The number of ether oxygens (including phenoxy) is 1. The maximum Gasteiger partial charge on any atom is 0.283 e. The van der Waals surface area contributed by atoms with Gasteiger partial charge in [0, 0.05) is 19.5 Å². The molecule has 194 valence electrons. The molecular weight excluding hydrogens is 482 g/mol. The lowest BCUT2D eigenvalue weighted by Crippen LogP contribution is -2.40. The number of rotatable bonds is 7. The molecule has 1 saturated heterocycles. The number of aliphatic hydroxyl groups is 1. The minimum Gasteiger partial charge on any atom is -0.490 e. The van der Waals surface area contributed by atoms with Gasteiger partial charge in [0.05, 0.1) is 5.39 Å². The highest BCUT2D eigenvalue weighted by Gasteiger charge is 2.23. The van der Waals surface area contributed by atoms with Crippen LogP contribution < -0.4 is 4.74 Å². The average molecular weight is 516 g/mol. The fourth-order valence-electron chi connectivity index (χ4n) is 4.91. The zero-order valence-electron chi connectivity index (χ0n) is 20.9. The van der Waals surface area contributed by atoms with Gasteiger partial charge >= 0.3 is 0 Å². The first-order valence-electron chi connectivity index (χ1n) is 11.9. The molecule has 0 aliphatic carbocycles. The van der Waals surface area contributed by atoms with E-state index in [-0.39, 0.29) is 24.5 Å². The van der Waals surface area contributed by atoms with Crippen LogP contribution >= 0.6 is 12.4 Å². The lowest BCUT2D eigenvalue weighted by Gasteiger charge is -2.34. The fourth-order valence-corrected chi connectivity index (χ4v) is 4.91. The summed E-state index contributed by atoms with van der Waals surface area (Å²) in [6.45, 7) is 8.88. The molecule has 1 atom stereocenters. The molecular formula is C27H34ClN3O5. The summed E-state index contributed by atoms with van der Waals surface area (Å²) in [5, 5.41) is 19.3. The van der Waals surface area contributed by atoms with Gasteiger partial charge in [0.1, 0.15) is 24.0 Å². The van der Waals surface area contributed by atoms with E-state index < -0.39 is 6.10 Å². The number of hydrogen-bond acceptors (Lipinski definition) is 7. The molecule has 3 heterocycles. The number of piperidine rings is 1. The first-order valence-corrected chi connectivity index (χ1v) is 11.9. The number of halogens is 1. The Morgan fingerprint density at radius 3 is 2.53 bits per heavy atom. The maximum absolute atomic E-state index is 10.7. The maximum atomic E-state index is 10.7. The average Bonchev–Trinajstić information content (AvgIpc) is 3.45. The van der Waals surface area contributed by atoms with Gasteiger partial charge in [-0.2, -0.15) is 0 Å². The number of benzene rings is 2. The molecule has 0 unspecified atom stereocenters. The highest BCUT2D eigenvalue weighted by molar-refractivity contribution is 5.87. The van der Waals surface area contributed by atoms with Crippen LogP contribution in [-0.2, 0) is 0 Å².